The quantitative estimate of drug-likeness (QED) is 0.846. The number of aliphatic hydroxyl groups is 1. The molecule has 2 unspecified atom stereocenters. The summed E-state index contributed by atoms with van der Waals surface area (Å²) in [5.41, 5.74) is -0.147. The van der Waals surface area contributed by atoms with Crippen molar-refractivity contribution in [3.05, 3.63) is 65.2 Å². The SMILES string of the molecule is CC(CC(O)c1ccccc1)Nc1cc(C#N)ccc1C(F)(F)F. The van der Waals surface area contributed by atoms with Crippen molar-refractivity contribution in [2.45, 2.75) is 31.7 Å². The first-order chi connectivity index (χ1) is 11.3. The lowest BCUT2D eigenvalue weighted by Crippen LogP contribution is -2.21. The Morgan fingerprint density at radius 3 is 2.42 bits per heavy atom. The lowest BCUT2D eigenvalue weighted by Gasteiger charge is -2.22. The van der Waals surface area contributed by atoms with Gasteiger partial charge in [0.15, 0.2) is 0 Å². The molecule has 2 aromatic carbocycles. The van der Waals surface area contributed by atoms with E-state index in [2.05, 4.69) is 5.32 Å². The van der Waals surface area contributed by atoms with Crippen molar-refractivity contribution in [1.29, 1.82) is 5.26 Å². The summed E-state index contributed by atoms with van der Waals surface area (Å²) in [6.07, 6.45) is -5.08. The van der Waals surface area contributed by atoms with E-state index in [9.17, 15) is 18.3 Å². The van der Waals surface area contributed by atoms with Crippen molar-refractivity contribution in [2.24, 2.45) is 0 Å². The molecule has 2 aromatic rings. The van der Waals surface area contributed by atoms with Gasteiger partial charge in [-0.1, -0.05) is 30.3 Å². The van der Waals surface area contributed by atoms with Gasteiger partial charge in [0.25, 0.3) is 0 Å². The molecule has 0 aromatic heterocycles. The van der Waals surface area contributed by atoms with Gasteiger partial charge in [-0.15, -0.1) is 0 Å². The monoisotopic (exact) mass is 334 g/mol. The van der Waals surface area contributed by atoms with Crippen LogP contribution >= 0.6 is 0 Å². The number of hydrogen-bond donors (Lipinski definition) is 2. The summed E-state index contributed by atoms with van der Waals surface area (Å²) in [6.45, 7) is 1.69. The number of aliphatic hydroxyl groups excluding tert-OH is 1. The van der Waals surface area contributed by atoms with Gasteiger partial charge in [0.05, 0.1) is 23.3 Å². The number of hydrogen-bond acceptors (Lipinski definition) is 3. The number of rotatable bonds is 5. The summed E-state index contributed by atoms with van der Waals surface area (Å²) in [7, 11) is 0. The fourth-order valence-corrected chi connectivity index (χ4v) is 2.45. The molecule has 0 aliphatic rings. The number of benzene rings is 2. The number of nitrogens with zero attached hydrogens (tertiary/aromatic N) is 1. The van der Waals surface area contributed by atoms with Gasteiger partial charge in [0, 0.05) is 11.7 Å². The minimum atomic E-state index is -4.52. The van der Waals surface area contributed by atoms with Crippen LogP contribution in [0.15, 0.2) is 48.5 Å². The number of alkyl halides is 3. The molecule has 126 valence electrons. The van der Waals surface area contributed by atoms with Crippen molar-refractivity contribution >= 4 is 5.69 Å². The Hall–Kier alpha value is -2.52. The van der Waals surface area contributed by atoms with Gasteiger partial charge in [0.2, 0.25) is 0 Å². The zero-order chi connectivity index (χ0) is 17.7. The molecule has 0 spiro atoms. The van der Waals surface area contributed by atoms with Crippen LogP contribution in [0.3, 0.4) is 0 Å². The summed E-state index contributed by atoms with van der Waals surface area (Å²) in [5, 5.41) is 21.8. The molecule has 0 radical (unpaired) electrons. The van der Waals surface area contributed by atoms with E-state index in [1.807, 2.05) is 12.1 Å². The Kier molecular flexibility index (Phi) is 5.47. The summed E-state index contributed by atoms with van der Waals surface area (Å²) < 4.78 is 39.3. The van der Waals surface area contributed by atoms with E-state index < -0.39 is 23.9 Å². The average molecular weight is 334 g/mol. The summed E-state index contributed by atoms with van der Waals surface area (Å²) >= 11 is 0. The minimum absolute atomic E-state index is 0.140. The normalized spacial score (nSPS) is 13.8. The van der Waals surface area contributed by atoms with Crippen LogP contribution in [-0.2, 0) is 6.18 Å². The van der Waals surface area contributed by atoms with Gasteiger partial charge in [-0.25, -0.2) is 0 Å². The zero-order valence-electron chi connectivity index (χ0n) is 13.0. The van der Waals surface area contributed by atoms with E-state index in [1.165, 1.54) is 6.07 Å². The van der Waals surface area contributed by atoms with Crippen molar-refractivity contribution in [1.82, 2.24) is 0 Å². The van der Waals surface area contributed by atoms with Gasteiger partial charge < -0.3 is 10.4 Å². The maximum atomic E-state index is 13.1. The second-order valence-electron chi connectivity index (χ2n) is 5.58. The Labute approximate surface area is 138 Å². The maximum Gasteiger partial charge on any atom is 0.418 e. The molecule has 0 amide bonds. The second kappa shape index (κ2) is 7.37. The average Bonchev–Trinajstić information content (AvgIpc) is 2.54. The Morgan fingerprint density at radius 2 is 1.83 bits per heavy atom. The third kappa shape index (κ3) is 4.49. The molecule has 0 saturated heterocycles. The molecule has 24 heavy (non-hydrogen) atoms. The third-order valence-electron chi connectivity index (χ3n) is 3.62. The van der Waals surface area contributed by atoms with E-state index in [4.69, 9.17) is 5.26 Å². The predicted octanol–water partition coefficient (Wildman–Crippen LogP) is 4.50. The van der Waals surface area contributed by atoms with Crippen molar-refractivity contribution in [3.8, 4) is 6.07 Å². The lowest BCUT2D eigenvalue weighted by atomic mass is 10.0. The molecule has 0 aliphatic carbocycles. The van der Waals surface area contributed by atoms with Crippen molar-refractivity contribution < 1.29 is 18.3 Å². The first kappa shape index (κ1) is 17.8. The predicted molar refractivity (Wildman–Crippen MR) is 85.3 cm³/mol. The van der Waals surface area contributed by atoms with Gasteiger partial charge in [-0.05, 0) is 37.1 Å². The molecule has 2 rings (SSSR count). The topological polar surface area (TPSA) is 56.0 Å². The first-order valence-corrected chi connectivity index (χ1v) is 7.42. The van der Waals surface area contributed by atoms with E-state index >= 15 is 0 Å². The molecular weight excluding hydrogens is 317 g/mol. The molecule has 2 atom stereocenters. The van der Waals surface area contributed by atoms with Gasteiger partial charge >= 0.3 is 6.18 Å². The highest BCUT2D eigenvalue weighted by atomic mass is 19.4. The largest absolute Gasteiger partial charge is 0.418 e. The molecular formula is C18H17F3N2O. The van der Waals surface area contributed by atoms with Crippen LogP contribution in [-0.4, -0.2) is 11.1 Å². The van der Waals surface area contributed by atoms with E-state index in [1.54, 1.807) is 31.2 Å². The first-order valence-electron chi connectivity index (χ1n) is 7.42. The minimum Gasteiger partial charge on any atom is -0.388 e. The standard InChI is InChI=1S/C18H17F3N2O/c1-12(9-17(24)14-5-3-2-4-6-14)23-16-10-13(11-22)7-8-15(16)18(19,20)21/h2-8,10,12,17,23-24H,9H2,1H3. The molecule has 6 heteroatoms. The van der Waals surface area contributed by atoms with Gasteiger partial charge in [0.1, 0.15) is 0 Å². The molecule has 0 fully saturated rings. The highest BCUT2D eigenvalue weighted by molar-refractivity contribution is 5.57. The number of nitrogens with one attached hydrogen (secondary N) is 1. The summed E-state index contributed by atoms with van der Waals surface area (Å²) in [5.74, 6) is 0. The Morgan fingerprint density at radius 1 is 1.17 bits per heavy atom. The Bertz CT molecular complexity index is 723. The van der Waals surface area contributed by atoms with Crippen LogP contribution in [0.4, 0.5) is 18.9 Å². The highest BCUT2D eigenvalue weighted by Crippen LogP contribution is 2.36. The van der Waals surface area contributed by atoms with Crippen LogP contribution in [0.25, 0.3) is 0 Å². The summed E-state index contributed by atoms with van der Waals surface area (Å²) in [6, 6.07) is 13.5. The van der Waals surface area contributed by atoms with E-state index in [0.29, 0.717) is 5.56 Å². The van der Waals surface area contributed by atoms with Crippen LogP contribution < -0.4 is 5.32 Å². The van der Waals surface area contributed by atoms with Crippen molar-refractivity contribution in [2.75, 3.05) is 5.32 Å². The van der Waals surface area contributed by atoms with Crippen LogP contribution in [0.2, 0.25) is 0 Å². The Balaban J connectivity index is 2.16. The fourth-order valence-electron chi connectivity index (χ4n) is 2.45. The van der Waals surface area contributed by atoms with E-state index in [0.717, 1.165) is 12.1 Å². The zero-order valence-corrected chi connectivity index (χ0v) is 13.0. The fraction of sp³-hybridized carbons (Fsp3) is 0.278. The molecule has 2 N–H and O–H groups in total. The van der Waals surface area contributed by atoms with E-state index in [-0.39, 0.29) is 17.7 Å². The molecule has 3 nitrogen and oxygen atoms in total. The highest BCUT2D eigenvalue weighted by Gasteiger charge is 2.34. The lowest BCUT2D eigenvalue weighted by molar-refractivity contribution is -0.137. The molecule has 0 heterocycles. The van der Waals surface area contributed by atoms with Crippen molar-refractivity contribution in [3.63, 3.8) is 0 Å². The van der Waals surface area contributed by atoms with Crippen LogP contribution in [0.1, 0.15) is 36.1 Å². The van der Waals surface area contributed by atoms with Crippen LogP contribution in [0.5, 0.6) is 0 Å². The number of nitriles is 1. The molecule has 0 saturated carbocycles. The number of anilines is 1. The molecule has 0 bridgehead atoms. The van der Waals surface area contributed by atoms with Gasteiger partial charge in [-0.3, -0.25) is 0 Å². The number of halogens is 3. The smallest absolute Gasteiger partial charge is 0.388 e. The van der Waals surface area contributed by atoms with Gasteiger partial charge in [-0.2, -0.15) is 18.4 Å². The van der Waals surface area contributed by atoms with Crippen LogP contribution in [0, 0.1) is 11.3 Å². The summed E-state index contributed by atoms with van der Waals surface area (Å²) in [4.78, 5) is 0. The maximum absolute atomic E-state index is 13.1. The molecule has 0 aliphatic heterocycles. The third-order valence-corrected chi connectivity index (χ3v) is 3.62. The second-order valence-corrected chi connectivity index (χ2v) is 5.58.